The first kappa shape index (κ1) is 20.1. The summed E-state index contributed by atoms with van der Waals surface area (Å²) in [6.07, 6.45) is 20.8. The van der Waals surface area contributed by atoms with Crippen LogP contribution in [0, 0.1) is 6.92 Å². The lowest BCUT2D eigenvalue weighted by atomic mass is 10.0. The summed E-state index contributed by atoms with van der Waals surface area (Å²) >= 11 is 0. The van der Waals surface area contributed by atoms with Gasteiger partial charge in [-0.25, -0.2) is 0 Å². The first-order chi connectivity index (χ1) is 11.6. The van der Waals surface area contributed by atoms with E-state index in [1.165, 1.54) is 25.7 Å². The van der Waals surface area contributed by atoms with Gasteiger partial charge in [0, 0.05) is 5.56 Å². The Bertz CT molecular complexity index is 518. The van der Waals surface area contributed by atoms with E-state index in [0.29, 0.717) is 5.56 Å². The van der Waals surface area contributed by atoms with Gasteiger partial charge in [0.25, 0.3) is 0 Å². The lowest BCUT2D eigenvalue weighted by Crippen LogP contribution is -1.88. The third kappa shape index (κ3) is 8.61. The van der Waals surface area contributed by atoms with Crippen molar-refractivity contribution in [2.24, 2.45) is 0 Å². The van der Waals surface area contributed by atoms with E-state index in [-0.39, 0.29) is 11.5 Å². The average molecular weight is 328 g/mol. The molecule has 0 saturated carbocycles. The van der Waals surface area contributed by atoms with Crippen molar-refractivity contribution in [2.75, 3.05) is 0 Å². The zero-order valence-electron chi connectivity index (χ0n) is 15.0. The highest BCUT2D eigenvalue weighted by Crippen LogP contribution is 2.28. The topological polar surface area (TPSA) is 40.5 Å². The SMILES string of the molecule is C=CC/C=C/C/C=C\CCCCCCCc1cc(O)c(C)c(O)c1. The van der Waals surface area contributed by atoms with Crippen LogP contribution in [-0.2, 0) is 6.42 Å². The molecule has 0 radical (unpaired) electrons. The van der Waals surface area contributed by atoms with Gasteiger partial charge in [0.1, 0.15) is 11.5 Å². The number of unbranched alkanes of at least 4 members (excludes halogenated alkanes) is 5. The van der Waals surface area contributed by atoms with E-state index in [4.69, 9.17) is 0 Å². The Labute approximate surface area is 147 Å². The fourth-order valence-electron chi connectivity index (χ4n) is 2.59. The van der Waals surface area contributed by atoms with Crippen molar-refractivity contribution >= 4 is 0 Å². The van der Waals surface area contributed by atoms with Crippen LogP contribution in [0.1, 0.15) is 62.5 Å². The summed E-state index contributed by atoms with van der Waals surface area (Å²) in [5.74, 6) is 0.382. The smallest absolute Gasteiger partial charge is 0.122 e. The van der Waals surface area contributed by atoms with E-state index in [1.54, 1.807) is 19.1 Å². The molecule has 2 nitrogen and oxygen atoms in total. The molecular weight excluding hydrogens is 296 g/mol. The molecule has 0 amide bonds. The third-order valence-corrected chi connectivity index (χ3v) is 4.16. The number of aryl methyl sites for hydroxylation is 1. The van der Waals surface area contributed by atoms with E-state index in [2.05, 4.69) is 30.9 Å². The Kier molecular flexibility index (Phi) is 10.4. The van der Waals surface area contributed by atoms with Gasteiger partial charge in [0.15, 0.2) is 0 Å². The van der Waals surface area contributed by atoms with Gasteiger partial charge in [-0.15, -0.1) is 6.58 Å². The van der Waals surface area contributed by atoms with E-state index >= 15 is 0 Å². The van der Waals surface area contributed by atoms with Crippen molar-refractivity contribution in [1.29, 1.82) is 0 Å². The van der Waals surface area contributed by atoms with Crippen LogP contribution in [0.5, 0.6) is 11.5 Å². The molecule has 1 rings (SSSR count). The Morgan fingerprint density at radius 3 is 2.12 bits per heavy atom. The molecule has 2 N–H and O–H groups in total. The van der Waals surface area contributed by atoms with Crippen molar-refractivity contribution in [2.45, 2.75) is 64.7 Å². The second-order valence-electron chi connectivity index (χ2n) is 6.27. The Hall–Kier alpha value is -1.96. The van der Waals surface area contributed by atoms with Crippen LogP contribution >= 0.6 is 0 Å². The molecule has 0 spiro atoms. The van der Waals surface area contributed by atoms with Gasteiger partial charge >= 0.3 is 0 Å². The molecule has 0 saturated heterocycles. The fraction of sp³-hybridized carbons (Fsp3) is 0.455. The van der Waals surface area contributed by atoms with Crippen molar-refractivity contribution in [3.8, 4) is 11.5 Å². The summed E-state index contributed by atoms with van der Waals surface area (Å²) in [5.41, 5.74) is 1.58. The number of hydrogen-bond donors (Lipinski definition) is 2. The van der Waals surface area contributed by atoms with Crippen molar-refractivity contribution in [3.05, 3.63) is 60.2 Å². The maximum Gasteiger partial charge on any atom is 0.122 e. The Balaban J connectivity index is 2.03. The molecule has 132 valence electrons. The van der Waals surface area contributed by atoms with Crippen molar-refractivity contribution in [1.82, 2.24) is 0 Å². The normalized spacial score (nSPS) is 11.5. The van der Waals surface area contributed by atoms with Gasteiger partial charge in [-0.1, -0.05) is 49.6 Å². The lowest BCUT2D eigenvalue weighted by Gasteiger charge is -2.07. The molecule has 0 aromatic heterocycles. The number of rotatable bonds is 12. The molecular formula is C22H32O2. The molecule has 24 heavy (non-hydrogen) atoms. The number of phenols is 2. The van der Waals surface area contributed by atoms with Crippen LogP contribution in [0.15, 0.2) is 49.1 Å². The largest absolute Gasteiger partial charge is 0.508 e. The van der Waals surface area contributed by atoms with Gasteiger partial charge in [-0.05, 0) is 63.1 Å². The molecule has 2 heteroatoms. The fourth-order valence-corrected chi connectivity index (χ4v) is 2.59. The molecule has 0 unspecified atom stereocenters. The highest BCUT2D eigenvalue weighted by molar-refractivity contribution is 5.45. The minimum atomic E-state index is 0.191. The second kappa shape index (κ2) is 12.5. The summed E-state index contributed by atoms with van der Waals surface area (Å²) in [5, 5.41) is 19.4. The van der Waals surface area contributed by atoms with E-state index in [9.17, 15) is 10.2 Å². The third-order valence-electron chi connectivity index (χ3n) is 4.16. The average Bonchev–Trinajstić information content (AvgIpc) is 2.56. The Morgan fingerprint density at radius 1 is 0.833 bits per heavy atom. The maximum atomic E-state index is 9.71. The van der Waals surface area contributed by atoms with E-state index < -0.39 is 0 Å². The zero-order valence-corrected chi connectivity index (χ0v) is 15.0. The number of hydrogen-bond acceptors (Lipinski definition) is 2. The minimum Gasteiger partial charge on any atom is -0.508 e. The highest BCUT2D eigenvalue weighted by atomic mass is 16.3. The van der Waals surface area contributed by atoms with Crippen LogP contribution in [-0.4, -0.2) is 10.2 Å². The monoisotopic (exact) mass is 328 g/mol. The van der Waals surface area contributed by atoms with Crippen molar-refractivity contribution < 1.29 is 10.2 Å². The molecule has 0 aliphatic heterocycles. The van der Waals surface area contributed by atoms with Crippen LogP contribution in [0.4, 0.5) is 0 Å². The van der Waals surface area contributed by atoms with E-state index in [1.807, 2.05) is 6.08 Å². The van der Waals surface area contributed by atoms with Crippen molar-refractivity contribution in [3.63, 3.8) is 0 Å². The van der Waals surface area contributed by atoms with Gasteiger partial charge in [0.2, 0.25) is 0 Å². The molecule has 0 fully saturated rings. The molecule has 0 aliphatic rings. The molecule has 0 aliphatic carbocycles. The summed E-state index contributed by atoms with van der Waals surface area (Å²) < 4.78 is 0. The molecule has 0 bridgehead atoms. The minimum absolute atomic E-state index is 0.191. The summed E-state index contributed by atoms with van der Waals surface area (Å²) in [7, 11) is 0. The quantitative estimate of drug-likeness (QED) is 0.346. The highest BCUT2D eigenvalue weighted by Gasteiger charge is 2.04. The van der Waals surface area contributed by atoms with Crippen LogP contribution in [0.3, 0.4) is 0 Å². The van der Waals surface area contributed by atoms with Gasteiger partial charge in [0.05, 0.1) is 0 Å². The number of phenolic OH excluding ortho intramolecular Hbond substituents is 2. The summed E-state index contributed by atoms with van der Waals surface area (Å²) in [4.78, 5) is 0. The lowest BCUT2D eigenvalue weighted by molar-refractivity contribution is 0.441. The van der Waals surface area contributed by atoms with Gasteiger partial charge in [-0.3, -0.25) is 0 Å². The van der Waals surface area contributed by atoms with Gasteiger partial charge < -0.3 is 10.2 Å². The molecule has 0 heterocycles. The molecule has 1 aromatic rings. The number of benzene rings is 1. The van der Waals surface area contributed by atoms with E-state index in [0.717, 1.165) is 37.7 Å². The predicted molar refractivity (Wildman–Crippen MR) is 104 cm³/mol. The second-order valence-corrected chi connectivity index (χ2v) is 6.27. The van der Waals surface area contributed by atoms with Crippen LogP contribution in [0.25, 0.3) is 0 Å². The maximum absolute atomic E-state index is 9.71. The Morgan fingerprint density at radius 2 is 1.42 bits per heavy atom. The first-order valence-electron chi connectivity index (χ1n) is 9.07. The number of allylic oxidation sites excluding steroid dienone is 5. The van der Waals surface area contributed by atoms with Crippen LogP contribution in [0.2, 0.25) is 0 Å². The van der Waals surface area contributed by atoms with Crippen LogP contribution < -0.4 is 0 Å². The first-order valence-corrected chi connectivity index (χ1v) is 9.07. The zero-order chi connectivity index (χ0) is 17.6. The summed E-state index contributed by atoms with van der Waals surface area (Å²) in [6, 6.07) is 3.53. The molecule has 1 aromatic carbocycles. The standard InChI is InChI=1S/C22H32O2/c1-3-4-5-6-7-8-9-10-11-12-13-14-15-16-20-17-21(23)19(2)22(24)18-20/h3,5-6,8-9,17-18,23-24H,1,4,7,10-16H2,2H3/b6-5+,9-8-. The summed E-state index contributed by atoms with van der Waals surface area (Å²) in [6.45, 7) is 5.41. The predicted octanol–water partition coefficient (Wildman–Crippen LogP) is 6.37. The van der Waals surface area contributed by atoms with Gasteiger partial charge in [-0.2, -0.15) is 0 Å². The number of aromatic hydroxyl groups is 2. The molecule has 0 atom stereocenters.